The van der Waals surface area contributed by atoms with Gasteiger partial charge in [-0.15, -0.1) is 0 Å². The molecule has 1 aromatic carbocycles. The molecule has 0 radical (unpaired) electrons. The van der Waals surface area contributed by atoms with E-state index in [9.17, 15) is 9.90 Å². The molecule has 0 aliphatic carbocycles. The van der Waals surface area contributed by atoms with Crippen molar-refractivity contribution in [1.82, 2.24) is 19.4 Å². The van der Waals surface area contributed by atoms with Gasteiger partial charge in [-0.3, -0.25) is 4.79 Å². The number of aliphatic carboxylic acids is 1. The van der Waals surface area contributed by atoms with Crippen molar-refractivity contribution >= 4 is 11.8 Å². The molecule has 0 spiro atoms. The smallest absolute Gasteiger partial charge is 0.304 e. The minimum absolute atomic E-state index is 0.0342. The van der Waals surface area contributed by atoms with E-state index in [-0.39, 0.29) is 12.3 Å². The molecule has 2 atom stereocenters. The van der Waals surface area contributed by atoms with Crippen LogP contribution in [-0.2, 0) is 17.6 Å². The first-order valence-corrected chi connectivity index (χ1v) is 12.4. The van der Waals surface area contributed by atoms with E-state index >= 15 is 0 Å². The molecule has 1 unspecified atom stereocenters. The Balaban J connectivity index is 1.19. The first kappa shape index (κ1) is 22.6. The number of anilines is 1. The molecule has 2 N–H and O–H groups in total. The van der Waals surface area contributed by atoms with Crippen LogP contribution in [0.25, 0.3) is 5.69 Å². The van der Waals surface area contributed by atoms with Crippen LogP contribution in [0.3, 0.4) is 0 Å². The largest absolute Gasteiger partial charge is 0.481 e. The van der Waals surface area contributed by atoms with Gasteiger partial charge in [-0.2, -0.15) is 0 Å². The lowest BCUT2D eigenvalue weighted by Gasteiger charge is -2.24. The quantitative estimate of drug-likeness (QED) is 0.500. The van der Waals surface area contributed by atoms with E-state index in [4.69, 9.17) is 4.98 Å². The summed E-state index contributed by atoms with van der Waals surface area (Å²) in [6, 6.07) is 12.6. The van der Waals surface area contributed by atoms with Crippen LogP contribution >= 0.6 is 0 Å². The molecule has 7 heteroatoms. The summed E-state index contributed by atoms with van der Waals surface area (Å²) in [5.74, 6) is 0.925. The van der Waals surface area contributed by atoms with Crippen LogP contribution in [-0.4, -0.2) is 56.7 Å². The fourth-order valence-corrected chi connectivity index (χ4v) is 5.34. The Morgan fingerprint density at radius 2 is 2.21 bits per heavy atom. The summed E-state index contributed by atoms with van der Waals surface area (Å²) in [5, 5.41) is 13.0. The van der Waals surface area contributed by atoms with Gasteiger partial charge in [0.25, 0.3) is 0 Å². The van der Waals surface area contributed by atoms with Crippen LogP contribution in [0.15, 0.2) is 55.1 Å². The van der Waals surface area contributed by atoms with Gasteiger partial charge in [-0.25, -0.2) is 9.97 Å². The number of rotatable bonds is 9. The van der Waals surface area contributed by atoms with E-state index in [0.29, 0.717) is 5.92 Å². The minimum atomic E-state index is -0.749. The number of likely N-dealkylation sites (tertiary alicyclic amines) is 1. The lowest BCUT2D eigenvalue weighted by molar-refractivity contribution is -0.137. The van der Waals surface area contributed by atoms with Gasteiger partial charge in [-0.1, -0.05) is 18.2 Å². The highest BCUT2D eigenvalue weighted by molar-refractivity contribution is 5.68. The van der Waals surface area contributed by atoms with Crippen LogP contribution < -0.4 is 5.32 Å². The highest BCUT2D eigenvalue weighted by Crippen LogP contribution is 2.28. The van der Waals surface area contributed by atoms with Gasteiger partial charge in [0.2, 0.25) is 0 Å². The number of nitrogens with one attached hydrogen (secondary N) is 1. The Bertz CT molecular complexity index is 1110. The lowest BCUT2D eigenvalue weighted by atomic mass is 9.94. The number of carboxylic acid groups (broad SMARTS) is 1. The first-order valence-electron chi connectivity index (χ1n) is 12.4. The van der Waals surface area contributed by atoms with Crippen LogP contribution in [0.5, 0.6) is 0 Å². The summed E-state index contributed by atoms with van der Waals surface area (Å²) in [6.07, 6.45) is 11.2. The number of carboxylic acids is 1. The summed E-state index contributed by atoms with van der Waals surface area (Å²) in [5.41, 5.74) is 4.59. The summed E-state index contributed by atoms with van der Waals surface area (Å²) in [7, 11) is 0. The Morgan fingerprint density at radius 3 is 3.06 bits per heavy atom. The topological polar surface area (TPSA) is 83.3 Å². The average molecular weight is 460 g/mol. The second kappa shape index (κ2) is 10.4. The molecule has 1 saturated heterocycles. The molecule has 7 nitrogen and oxygen atoms in total. The summed E-state index contributed by atoms with van der Waals surface area (Å²) in [6.45, 7) is 3.85. The molecular formula is C27H33N5O2. The third-order valence-electron chi connectivity index (χ3n) is 7.17. The number of benzene rings is 1. The third kappa shape index (κ3) is 5.47. The lowest BCUT2D eigenvalue weighted by Crippen LogP contribution is -2.28. The maximum Gasteiger partial charge on any atom is 0.304 e. The van der Waals surface area contributed by atoms with E-state index in [2.05, 4.69) is 39.5 Å². The van der Waals surface area contributed by atoms with Gasteiger partial charge in [0.15, 0.2) is 0 Å². The maximum atomic E-state index is 11.7. The zero-order valence-electron chi connectivity index (χ0n) is 19.6. The molecule has 0 bridgehead atoms. The molecule has 3 aromatic rings. The van der Waals surface area contributed by atoms with Gasteiger partial charge in [0.1, 0.15) is 5.82 Å². The number of carbonyl (C=O) groups is 1. The predicted octanol–water partition coefficient (Wildman–Crippen LogP) is 4.14. The number of hydrogen-bond acceptors (Lipinski definition) is 5. The molecule has 5 rings (SSSR count). The number of imidazole rings is 1. The van der Waals surface area contributed by atoms with Crippen molar-refractivity contribution < 1.29 is 9.90 Å². The van der Waals surface area contributed by atoms with E-state index in [1.54, 1.807) is 12.5 Å². The fourth-order valence-electron chi connectivity index (χ4n) is 5.34. The van der Waals surface area contributed by atoms with E-state index in [1.165, 1.54) is 17.7 Å². The van der Waals surface area contributed by atoms with Crippen molar-refractivity contribution in [3.63, 3.8) is 0 Å². The number of nitrogens with zero attached hydrogens (tertiary/aromatic N) is 4. The molecule has 2 aromatic heterocycles. The van der Waals surface area contributed by atoms with E-state index < -0.39 is 5.97 Å². The second-order valence-corrected chi connectivity index (χ2v) is 9.65. The highest BCUT2D eigenvalue weighted by Gasteiger charge is 2.26. The van der Waals surface area contributed by atoms with Crippen LogP contribution in [0, 0.1) is 5.92 Å². The minimum Gasteiger partial charge on any atom is -0.481 e. The van der Waals surface area contributed by atoms with Crippen molar-refractivity contribution in [1.29, 1.82) is 0 Å². The molecular weight excluding hydrogens is 426 g/mol. The Morgan fingerprint density at radius 1 is 1.26 bits per heavy atom. The van der Waals surface area contributed by atoms with Crippen molar-refractivity contribution in [3.05, 3.63) is 71.9 Å². The molecule has 0 amide bonds. The Labute approximate surface area is 200 Å². The van der Waals surface area contributed by atoms with Gasteiger partial charge in [0, 0.05) is 49.3 Å². The van der Waals surface area contributed by atoms with Crippen molar-refractivity contribution in [2.45, 2.75) is 44.4 Å². The van der Waals surface area contributed by atoms with Crippen molar-refractivity contribution in [2.75, 3.05) is 31.5 Å². The normalized spacial score (nSPS) is 18.9. The van der Waals surface area contributed by atoms with Crippen LogP contribution in [0.2, 0.25) is 0 Å². The monoisotopic (exact) mass is 459 g/mol. The molecule has 178 valence electrons. The number of pyridine rings is 1. The number of hydrogen-bond donors (Lipinski definition) is 2. The van der Waals surface area contributed by atoms with Crippen molar-refractivity contribution in [2.24, 2.45) is 5.92 Å². The van der Waals surface area contributed by atoms with E-state index in [1.807, 2.05) is 22.9 Å². The zero-order chi connectivity index (χ0) is 23.3. The molecule has 34 heavy (non-hydrogen) atoms. The highest BCUT2D eigenvalue weighted by atomic mass is 16.4. The summed E-state index contributed by atoms with van der Waals surface area (Å²) < 4.78 is 1.96. The van der Waals surface area contributed by atoms with Crippen molar-refractivity contribution in [3.8, 4) is 5.69 Å². The molecule has 2 aliphatic rings. The molecule has 1 fully saturated rings. The van der Waals surface area contributed by atoms with E-state index in [0.717, 1.165) is 68.9 Å². The first-order chi connectivity index (χ1) is 16.6. The average Bonchev–Trinajstić information content (AvgIpc) is 3.55. The summed E-state index contributed by atoms with van der Waals surface area (Å²) in [4.78, 5) is 23.1. The number of aromatic nitrogens is 3. The molecule has 2 aliphatic heterocycles. The third-order valence-corrected chi connectivity index (χ3v) is 7.17. The summed E-state index contributed by atoms with van der Waals surface area (Å²) >= 11 is 0. The van der Waals surface area contributed by atoms with Gasteiger partial charge in [-0.05, 0) is 73.9 Å². The number of aryl methyl sites for hydroxylation is 2. The Kier molecular flexibility index (Phi) is 6.90. The van der Waals surface area contributed by atoms with Crippen LogP contribution in [0.4, 0.5) is 5.82 Å². The zero-order valence-corrected chi connectivity index (χ0v) is 19.6. The SMILES string of the molecule is O=C(O)CC(CN1CC[C@@H](CCc2ccc3c(n2)NCCC3)C1)c1cccc(-n2ccnc2)c1. The van der Waals surface area contributed by atoms with Gasteiger partial charge in [0.05, 0.1) is 12.7 Å². The molecule has 0 saturated carbocycles. The predicted molar refractivity (Wildman–Crippen MR) is 132 cm³/mol. The molecule has 4 heterocycles. The second-order valence-electron chi connectivity index (χ2n) is 9.65. The van der Waals surface area contributed by atoms with Crippen LogP contribution in [0.1, 0.15) is 48.4 Å². The van der Waals surface area contributed by atoms with Gasteiger partial charge < -0.3 is 19.9 Å². The van der Waals surface area contributed by atoms with Gasteiger partial charge >= 0.3 is 5.97 Å². The Hall–Kier alpha value is -3.19. The number of fused-ring (bicyclic) bond motifs is 1. The fraction of sp³-hybridized carbons (Fsp3) is 0.444. The standard InChI is InChI=1S/C27H33N5O2/c33-26(34)16-23(22-3-1-5-25(15-22)32-14-12-28-19-32)18-31-13-10-20(17-31)6-8-24-9-7-21-4-2-11-29-27(21)30-24/h1,3,5,7,9,12,14-15,19-20,23H,2,4,6,8,10-11,13,16-18H2,(H,29,30)(H,33,34)/t20-,23?/m1/s1. The maximum absolute atomic E-state index is 11.7.